The highest BCUT2D eigenvalue weighted by atomic mass is 16.3. The van der Waals surface area contributed by atoms with Crippen molar-refractivity contribution in [3.05, 3.63) is 18.0 Å². The van der Waals surface area contributed by atoms with Gasteiger partial charge in [0.1, 0.15) is 5.60 Å². The third-order valence-electron chi connectivity index (χ3n) is 3.94. The molecule has 2 rings (SSSR count). The van der Waals surface area contributed by atoms with Crippen molar-refractivity contribution in [1.82, 2.24) is 9.78 Å². The van der Waals surface area contributed by atoms with Crippen LogP contribution in [0.15, 0.2) is 12.3 Å². The smallest absolute Gasteiger partial charge is 0.106 e. The van der Waals surface area contributed by atoms with E-state index in [1.54, 1.807) is 10.9 Å². The summed E-state index contributed by atoms with van der Waals surface area (Å²) in [4.78, 5) is 0. The minimum absolute atomic E-state index is 0.582. The molecule has 0 aliphatic heterocycles. The summed E-state index contributed by atoms with van der Waals surface area (Å²) in [6, 6.07) is 1.93. The molecule has 3 unspecified atom stereocenters. The lowest BCUT2D eigenvalue weighted by atomic mass is 9.72. The Morgan fingerprint density at radius 2 is 2.20 bits per heavy atom. The fraction of sp³-hybridized carbons (Fsp3) is 0.750. The number of aliphatic hydroxyl groups is 1. The predicted molar refractivity (Wildman–Crippen MR) is 59.3 cm³/mol. The molecule has 84 valence electrons. The lowest BCUT2D eigenvalue weighted by Crippen LogP contribution is -2.36. The molecule has 0 amide bonds. The highest BCUT2D eigenvalue weighted by Crippen LogP contribution is 2.41. The Morgan fingerprint density at radius 1 is 1.47 bits per heavy atom. The molecule has 3 heteroatoms. The van der Waals surface area contributed by atoms with E-state index in [1.165, 1.54) is 0 Å². The normalized spacial score (nSPS) is 36.8. The first kappa shape index (κ1) is 10.7. The van der Waals surface area contributed by atoms with Crippen LogP contribution in [0.25, 0.3) is 0 Å². The topological polar surface area (TPSA) is 38.1 Å². The first-order valence-electron chi connectivity index (χ1n) is 5.74. The molecule has 3 nitrogen and oxygen atoms in total. The molecule has 1 aromatic rings. The average Bonchev–Trinajstić information content (AvgIpc) is 2.59. The van der Waals surface area contributed by atoms with E-state index in [-0.39, 0.29) is 0 Å². The van der Waals surface area contributed by atoms with Crippen LogP contribution < -0.4 is 0 Å². The zero-order valence-electron chi connectivity index (χ0n) is 9.77. The van der Waals surface area contributed by atoms with Crippen LogP contribution in [0.4, 0.5) is 0 Å². The molecule has 1 N–H and O–H groups in total. The molecule has 15 heavy (non-hydrogen) atoms. The standard InChI is InChI=1S/C12H20N2O/c1-9-4-6-12(15,8-10(9)2)11-5-7-13-14(11)3/h5,7,9-10,15H,4,6,8H2,1-3H3. The summed E-state index contributed by atoms with van der Waals surface area (Å²) in [6.45, 7) is 4.50. The minimum atomic E-state index is -0.656. The molecule has 0 aromatic carbocycles. The van der Waals surface area contributed by atoms with Gasteiger partial charge in [-0.3, -0.25) is 4.68 Å². The Balaban J connectivity index is 2.25. The van der Waals surface area contributed by atoms with Crippen molar-refractivity contribution in [3.63, 3.8) is 0 Å². The van der Waals surface area contributed by atoms with Crippen molar-refractivity contribution in [2.24, 2.45) is 18.9 Å². The van der Waals surface area contributed by atoms with E-state index in [2.05, 4.69) is 18.9 Å². The number of rotatable bonds is 1. The van der Waals surface area contributed by atoms with Crippen molar-refractivity contribution in [2.45, 2.75) is 38.7 Å². The van der Waals surface area contributed by atoms with Crippen molar-refractivity contribution in [2.75, 3.05) is 0 Å². The van der Waals surface area contributed by atoms with Crippen LogP contribution in [0.2, 0.25) is 0 Å². The summed E-state index contributed by atoms with van der Waals surface area (Å²) in [6.07, 6.45) is 4.57. The molecule has 1 aromatic heterocycles. The van der Waals surface area contributed by atoms with E-state index in [0.717, 1.165) is 30.9 Å². The molecule has 1 aliphatic carbocycles. The fourth-order valence-electron chi connectivity index (χ4n) is 2.65. The molecule has 1 heterocycles. The van der Waals surface area contributed by atoms with Gasteiger partial charge in [0.25, 0.3) is 0 Å². The van der Waals surface area contributed by atoms with Crippen molar-refractivity contribution in [1.29, 1.82) is 0 Å². The molecular weight excluding hydrogens is 188 g/mol. The van der Waals surface area contributed by atoms with Crippen molar-refractivity contribution < 1.29 is 5.11 Å². The Bertz CT molecular complexity index is 347. The van der Waals surface area contributed by atoms with Crippen molar-refractivity contribution >= 4 is 0 Å². The SMILES string of the molecule is CC1CCC(O)(c2ccnn2C)CC1C. The number of nitrogens with zero attached hydrogens (tertiary/aromatic N) is 2. The van der Waals surface area contributed by atoms with Gasteiger partial charge in [0.05, 0.1) is 5.69 Å². The molecular formula is C12H20N2O. The molecule has 1 aliphatic rings. The lowest BCUT2D eigenvalue weighted by molar-refractivity contribution is -0.0397. The second kappa shape index (κ2) is 3.63. The van der Waals surface area contributed by atoms with Crippen LogP contribution >= 0.6 is 0 Å². The van der Waals surface area contributed by atoms with Gasteiger partial charge in [0.2, 0.25) is 0 Å². The lowest BCUT2D eigenvalue weighted by Gasteiger charge is -2.39. The van der Waals surface area contributed by atoms with E-state index in [9.17, 15) is 5.11 Å². The van der Waals surface area contributed by atoms with Crippen LogP contribution in [0, 0.1) is 11.8 Å². The van der Waals surface area contributed by atoms with E-state index in [1.807, 2.05) is 13.1 Å². The summed E-state index contributed by atoms with van der Waals surface area (Å²) in [5, 5.41) is 14.8. The van der Waals surface area contributed by atoms with Gasteiger partial charge >= 0.3 is 0 Å². The maximum absolute atomic E-state index is 10.6. The van der Waals surface area contributed by atoms with Gasteiger partial charge in [-0.15, -0.1) is 0 Å². The summed E-state index contributed by atoms with van der Waals surface area (Å²) in [5.74, 6) is 1.30. The fourth-order valence-corrected chi connectivity index (χ4v) is 2.65. The van der Waals surface area contributed by atoms with Crippen molar-refractivity contribution in [3.8, 4) is 0 Å². The summed E-state index contributed by atoms with van der Waals surface area (Å²) >= 11 is 0. The van der Waals surface area contributed by atoms with Gasteiger partial charge in [-0.1, -0.05) is 13.8 Å². The third-order valence-corrected chi connectivity index (χ3v) is 3.94. The number of aryl methyl sites for hydroxylation is 1. The van der Waals surface area contributed by atoms with Crippen LogP contribution in [-0.2, 0) is 12.6 Å². The first-order valence-corrected chi connectivity index (χ1v) is 5.74. The van der Waals surface area contributed by atoms with Crippen LogP contribution in [-0.4, -0.2) is 14.9 Å². The monoisotopic (exact) mass is 208 g/mol. The zero-order chi connectivity index (χ0) is 11.1. The number of hydrogen-bond donors (Lipinski definition) is 1. The Kier molecular flexibility index (Phi) is 2.59. The third kappa shape index (κ3) is 1.81. The van der Waals surface area contributed by atoms with Gasteiger partial charge in [-0.05, 0) is 37.2 Å². The molecule has 3 atom stereocenters. The largest absolute Gasteiger partial charge is 0.384 e. The second-order valence-electron chi connectivity index (χ2n) is 5.07. The molecule has 0 bridgehead atoms. The number of aromatic nitrogens is 2. The highest BCUT2D eigenvalue weighted by molar-refractivity contribution is 5.13. The summed E-state index contributed by atoms with van der Waals surface area (Å²) in [5.41, 5.74) is 0.304. The van der Waals surface area contributed by atoms with Gasteiger partial charge in [0, 0.05) is 13.2 Å². The summed E-state index contributed by atoms with van der Waals surface area (Å²) in [7, 11) is 1.90. The molecule has 1 fully saturated rings. The van der Waals surface area contributed by atoms with Gasteiger partial charge in [-0.25, -0.2) is 0 Å². The van der Waals surface area contributed by atoms with Crippen LogP contribution in [0.5, 0.6) is 0 Å². The van der Waals surface area contributed by atoms with Gasteiger partial charge in [-0.2, -0.15) is 5.10 Å². The highest BCUT2D eigenvalue weighted by Gasteiger charge is 2.38. The van der Waals surface area contributed by atoms with Crippen LogP contribution in [0.1, 0.15) is 38.8 Å². The maximum Gasteiger partial charge on any atom is 0.106 e. The molecule has 0 spiro atoms. The molecule has 0 radical (unpaired) electrons. The Hall–Kier alpha value is -0.830. The van der Waals surface area contributed by atoms with E-state index in [4.69, 9.17) is 0 Å². The Morgan fingerprint density at radius 3 is 2.73 bits per heavy atom. The molecule has 0 saturated heterocycles. The predicted octanol–water partition coefficient (Wildman–Crippen LogP) is 2.06. The minimum Gasteiger partial charge on any atom is -0.384 e. The molecule has 1 saturated carbocycles. The van der Waals surface area contributed by atoms with E-state index < -0.39 is 5.60 Å². The first-order chi connectivity index (χ1) is 7.03. The Labute approximate surface area is 91.1 Å². The zero-order valence-corrected chi connectivity index (χ0v) is 9.77. The number of hydrogen-bond acceptors (Lipinski definition) is 2. The van der Waals surface area contributed by atoms with E-state index in [0.29, 0.717) is 5.92 Å². The van der Waals surface area contributed by atoms with Gasteiger partial charge in [0.15, 0.2) is 0 Å². The second-order valence-corrected chi connectivity index (χ2v) is 5.07. The maximum atomic E-state index is 10.6. The van der Waals surface area contributed by atoms with E-state index >= 15 is 0 Å². The van der Waals surface area contributed by atoms with Gasteiger partial charge < -0.3 is 5.11 Å². The quantitative estimate of drug-likeness (QED) is 0.767. The average molecular weight is 208 g/mol. The summed E-state index contributed by atoms with van der Waals surface area (Å²) < 4.78 is 1.79. The van der Waals surface area contributed by atoms with Crippen LogP contribution in [0.3, 0.4) is 0 Å².